The van der Waals surface area contributed by atoms with Crippen LogP contribution < -0.4 is 5.32 Å². The van der Waals surface area contributed by atoms with Gasteiger partial charge in [0.25, 0.3) is 0 Å². The third-order valence-corrected chi connectivity index (χ3v) is 5.36. The molecule has 0 spiro atoms. The molecule has 28 heavy (non-hydrogen) atoms. The van der Waals surface area contributed by atoms with Gasteiger partial charge in [-0.25, -0.2) is 4.79 Å². The van der Waals surface area contributed by atoms with Crippen LogP contribution in [0.1, 0.15) is 46.6 Å². The Morgan fingerprint density at radius 2 is 1.79 bits per heavy atom. The number of nitrogens with zero attached hydrogens (tertiary/aromatic N) is 1. The minimum atomic E-state index is -1.02. The summed E-state index contributed by atoms with van der Waals surface area (Å²) in [5, 5.41) is 11.7. The number of rotatable bonds is 9. The summed E-state index contributed by atoms with van der Waals surface area (Å²) in [5.41, 5.74) is 0.874. The molecule has 2 N–H and O–H groups in total. The molecule has 1 rings (SSSR count). The van der Waals surface area contributed by atoms with Gasteiger partial charge in [0.2, 0.25) is 11.8 Å². The highest BCUT2D eigenvalue weighted by Crippen LogP contribution is 2.33. The zero-order valence-corrected chi connectivity index (χ0v) is 17.7. The fraction of sp³-hybridized carbons (Fsp3) is 0.500. The van der Waals surface area contributed by atoms with Gasteiger partial charge in [-0.15, -0.1) is 0 Å². The number of nitrogens with one attached hydrogen (secondary N) is 1. The van der Waals surface area contributed by atoms with Crippen molar-refractivity contribution < 1.29 is 19.5 Å². The van der Waals surface area contributed by atoms with E-state index in [9.17, 15) is 14.4 Å². The highest BCUT2D eigenvalue weighted by Gasteiger charge is 2.35. The number of carbonyl (C=O) groups is 3. The predicted octanol–water partition coefficient (Wildman–Crippen LogP) is 2.98. The first-order valence-electron chi connectivity index (χ1n) is 9.52. The van der Waals surface area contributed by atoms with Gasteiger partial charge in [0, 0.05) is 30.0 Å². The number of hydrogen-bond donors (Lipinski definition) is 2. The van der Waals surface area contributed by atoms with E-state index in [1.54, 1.807) is 14.0 Å². The third-order valence-electron chi connectivity index (χ3n) is 5.36. The van der Waals surface area contributed by atoms with Crippen molar-refractivity contribution in [1.82, 2.24) is 10.2 Å². The van der Waals surface area contributed by atoms with Crippen molar-refractivity contribution in [2.45, 2.75) is 52.5 Å². The summed E-state index contributed by atoms with van der Waals surface area (Å²) in [5.74, 6) is -1.74. The number of likely N-dealkylation sites (N-methyl/N-ethyl adjacent to an activating group) is 1. The van der Waals surface area contributed by atoms with Gasteiger partial charge >= 0.3 is 5.97 Å². The molecule has 6 nitrogen and oxygen atoms in total. The molecule has 0 aliphatic carbocycles. The van der Waals surface area contributed by atoms with Crippen molar-refractivity contribution >= 4 is 17.8 Å². The lowest BCUT2D eigenvalue weighted by atomic mass is 9.71. The molecule has 0 saturated heterocycles. The second-order valence-electron chi connectivity index (χ2n) is 7.67. The summed E-state index contributed by atoms with van der Waals surface area (Å²) in [6, 6.07) is 9.48. The molecule has 0 bridgehead atoms. The average molecular weight is 389 g/mol. The zero-order chi connectivity index (χ0) is 21.5. The van der Waals surface area contributed by atoms with Crippen LogP contribution in [0.4, 0.5) is 0 Å². The van der Waals surface area contributed by atoms with Gasteiger partial charge in [0.1, 0.15) is 0 Å². The Bertz CT molecular complexity index is 725. The summed E-state index contributed by atoms with van der Waals surface area (Å²) < 4.78 is 0. The van der Waals surface area contributed by atoms with E-state index in [2.05, 4.69) is 5.32 Å². The number of benzene rings is 1. The molecule has 6 heteroatoms. The highest BCUT2D eigenvalue weighted by molar-refractivity contribution is 5.87. The molecule has 1 aromatic rings. The van der Waals surface area contributed by atoms with Crippen LogP contribution in [0.2, 0.25) is 0 Å². The van der Waals surface area contributed by atoms with Crippen LogP contribution in [0.5, 0.6) is 0 Å². The topological polar surface area (TPSA) is 86.7 Å². The first kappa shape index (κ1) is 23.4. The lowest BCUT2D eigenvalue weighted by Gasteiger charge is -2.33. The minimum absolute atomic E-state index is 0.124. The van der Waals surface area contributed by atoms with E-state index in [0.29, 0.717) is 6.42 Å². The lowest BCUT2D eigenvalue weighted by Crippen LogP contribution is -2.46. The number of carboxylic acid groups (broad SMARTS) is 1. The fourth-order valence-electron chi connectivity index (χ4n) is 3.27. The van der Waals surface area contributed by atoms with Crippen LogP contribution in [0.15, 0.2) is 42.0 Å². The van der Waals surface area contributed by atoms with Crippen LogP contribution in [-0.2, 0) is 19.8 Å². The van der Waals surface area contributed by atoms with Crippen molar-refractivity contribution in [2.75, 3.05) is 13.6 Å². The number of amides is 2. The van der Waals surface area contributed by atoms with E-state index in [4.69, 9.17) is 5.11 Å². The van der Waals surface area contributed by atoms with Crippen LogP contribution in [0.25, 0.3) is 0 Å². The molecule has 1 aromatic carbocycles. The summed E-state index contributed by atoms with van der Waals surface area (Å²) >= 11 is 0. The van der Waals surface area contributed by atoms with Crippen molar-refractivity contribution in [2.24, 2.45) is 5.92 Å². The van der Waals surface area contributed by atoms with E-state index in [1.807, 2.05) is 51.1 Å². The van der Waals surface area contributed by atoms with Crippen molar-refractivity contribution in [3.8, 4) is 0 Å². The smallest absolute Gasteiger partial charge is 0.331 e. The molecule has 2 atom stereocenters. The SMILES string of the molecule is CC[C@H](C(=O)NCC(=O)N(C)[C@@H](C)/C=C(\C)C(=O)O)C(C)(C)c1ccccc1. The van der Waals surface area contributed by atoms with Gasteiger partial charge in [-0.2, -0.15) is 0 Å². The van der Waals surface area contributed by atoms with Crippen LogP contribution >= 0.6 is 0 Å². The van der Waals surface area contributed by atoms with Crippen LogP contribution in [0, 0.1) is 5.92 Å². The Hall–Kier alpha value is -2.63. The van der Waals surface area contributed by atoms with E-state index in [-0.39, 0.29) is 41.3 Å². The maximum Gasteiger partial charge on any atom is 0.331 e. The lowest BCUT2D eigenvalue weighted by molar-refractivity contribution is -0.134. The normalized spacial score (nSPS) is 14.1. The van der Waals surface area contributed by atoms with Gasteiger partial charge in [-0.3, -0.25) is 9.59 Å². The van der Waals surface area contributed by atoms with Gasteiger partial charge in [0.05, 0.1) is 6.54 Å². The molecule has 0 unspecified atom stereocenters. The summed E-state index contributed by atoms with van der Waals surface area (Å²) in [4.78, 5) is 37.6. The highest BCUT2D eigenvalue weighted by atomic mass is 16.4. The van der Waals surface area contributed by atoms with Crippen LogP contribution in [-0.4, -0.2) is 47.4 Å². The summed E-state index contributed by atoms with van der Waals surface area (Å²) in [6.07, 6.45) is 2.16. The van der Waals surface area contributed by atoms with Gasteiger partial charge < -0.3 is 15.3 Å². The maximum absolute atomic E-state index is 12.8. The van der Waals surface area contributed by atoms with E-state index in [0.717, 1.165) is 5.56 Å². The Morgan fingerprint density at radius 3 is 2.29 bits per heavy atom. The number of carboxylic acids is 1. The molecule has 0 fully saturated rings. The van der Waals surface area contributed by atoms with Crippen LogP contribution in [0.3, 0.4) is 0 Å². The molecule has 0 heterocycles. The maximum atomic E-state index is 12.8. The molecule has 0 aromatic heterocycles. The molecular formula is C22H32N2O4. The zero-order valence-electron chi connectivity index (χ0n) is 17.7. The number of aliphatic carboxylic acids is 1. The molecular weight excluding hydrogens is 356 g/mol. The summed E-state index contributed by atoms with van der Waals surface area (Å²) in [6.45, 7) is 9.12. The standard InChI is InChI=1S/C22H32N2O4/c1-7-18(22(4,5)17-11-9-8-10-12-17)20(26)23-14-19(25)24(6)16(3)13-15(2)21(27)28/h8-13,16,18H,7,14H2,1-6H3,(H,23,26)(H,27,28)/b15-13+/t16-,18+/m0/s1. The first-order valence-corrected chi connectivity index (χ1v) is 9.52. The average Bonchev–Trinajstić information content (AvgIpc) is 2.66. The first-order chi connectivity index (χ1) is 13.0. The van der Waals surface area contributed by atoms with E-state index in [1.165, 1.54) is 17.9 Å². The van der Waals surface area contributed by atoms with E-state index >= 15 is 0 Å². The second kappa shape index (κ2) is 10.1. The Labute approximate surface area is 167 Å². The van der Waals surface area contributed by atoms with Gasteiger partial charge in [-0.1, -0.05) is 57.2 Å². The molecule has 2 amide bonds. The summed E-state index contributed by atoms with van der Waals surface area (Å²) in [7, 11) is 1.59. The van der Waals surface area contributed by atoms with Crippen molar-refractivity contribution in [3.63, 3.8) is 0 Å². The molecule has 0 aliphatic heterocycles. The largest absolute Gasteiger partial charge is 0.478 e. The molecule has 154 valence electrons. The Balaban J connectivity index is 2.77. The third kappa shape index (κ3) is 5.94. The molecule has 0 saturated carbocycles. The van der Waals surface area contributed by atoms with Gasteiger partial charge in [0.15, 0.2) is 0 Å². The van der Waals surface area contributed by atoms with Crippen molar-refractivity contribution in [1.29, 1.82) is 0 Å². The predicted molar refractivity (Wildman–Crippen MR) is 110 cm³/mol. The van der Waals surface area contributed by atoms with Gasteiger partial charge in [-0.05, 0) is 25.8 Å². The fourth-order valence-corrected chi connectivity index (χ4v) is 3.27. The minimum Gasteiger partial charge on any atom is -0.478 e. The quantitative estimate of drug-likeness (QED) is 0.637. The number of carbonyl (C=O) groups excluding carboxylic acids is 2. The Morgan fingerprint density at radius 1 is 1.21 bits per heavy atom. The monoisotopic (exact) mass is 388 g/mol. The van der Waals surface area contributed by atoms with E-state index < -0.39 is 5.97 Å². The number of hydrogen-bond acceptors (Lipinski definition) is 3. The molecule has 0 radical (unpaired) electrons. The second-order valence-corrected chi connectivity index (χ2v) is 7.67. The Kier molecular flexibility index (Phi) is 8.41. The van der Waals surface area contributed by atoms with Crippen molar-refractivity contribution in [3.05, 3.63) is 47.5 Å². The molecule has 0 aliphatic rings.